The number of nitrogens with one attached hydrogen (secondary N) is 1. The van der Waals surface area contributed by atoms with Crippen molar-refractivity contribution in [3.8, 4) is 0 Å². The monoisotopic (exact) mass is 439 g/mol. The van der Waals surface area contributed by atoms with Crippen LogP contribution in [0.15, 0.2) is 42.6 Å². The molecule has 0 saturated carbocycles. The van der Waals surface area contributed by atoms with E-state index in [-0.39, 0.29) is 17.6 Å². The van der Waals surface area contributed by atoms with Crippen LogP contribution in [-0.2, 0) is 17.9 Å². The van der Waals surface area contributed by atoms with Crippen molar-refractivity contribution in [1.82, 2.24) is 20.1 Å². The van der Waals surface area contributed by atoms with Gasteiger partial charge in [0, 0.05) is 52.0 Å². The van der Waals surface area contributed by atoms with Crippen LogP contribution >= 0.6 is 0 Å². The minimum atomic E-state index is -0.211. The van der Waals surface area contributed by atoms with Gasteiger partial charge in [-0.25, -0.2) is 9.37 Å². The van der Waals surface area contributed by atoms with Crippen molar-refractivity contribution in [1.29, 1.82) is 0 Å². The summed E-state index contributed by atoms with van der Waals surface area (Å²) in [4.78, 5) is 24.4. The lowest BCUT2D eigenvalue weighted by Gasteiger charge is -2.34. The van der Waals surface area contributed by atoms with Crippen LogP contribution in [0.3, 0.4) is 0 Å². The summed E-state index contributed by atoms with van der Waals surface area (Å²) in [6.45, 7) is 10.3. The van der Waals surface area contributed by atoms with Crippen LogP contribution in [0, 0.1) is 11.7 Å². The van der Waals surface area contributed by atoms with Gasteiger partial charge in [0.15, 0.2) is 0 Å². The van der Waals surface area contributed by atoms with E-state index < -0.39 is 0 Å². The Morgan fingerprint density at radius 1 is 1.09 bits per heavy atom. The van der Waals surface area contributed by atoms with Crippen LogP contribution in [0.4, 0.5) is 10.2 Å². The third-order valence-electron chi connectivity index (χ3n) is 6.59. The number of hydrogen-bond acceptors (Lipinski definition) is 5. The second-order valence-corrected chi connectivity index (χ2v) is 8.87. The third-order valence-corrected chi connectivity index (χ3v) is 6.59. The van der Waals surface area contributed by atoms with E-state index in [2.05, 4.69) is 44.1 Å². The Labute approximate surface area is 190 Å². The zero-order valence-electron chi connectivity index (χ0n) is 19.0. The third kappa shape index (κ3) is 6.04. The molecule has 2 aliphatic rings. The van der Waals surface area contributed by atoms with Gasteiger partial charge in [-0.3, -0.25) is 9.69 Å². The number of nitrogens with zero attached hydrogens (tertiary/aromatic N) is 4. The molecule has 0 bridgehead atoms. The maximum atomic E-state index is 13.5. The molecule has 1 aromatic heterocycles. The summed E-state index contributed by atoms with van der Waals surface area (Å²) in [5.41, 5.74) is 1.97. The van der Waals surface area contributed by atoms with Gasteiger partial charge in [0.05, 0.1) is 5.92 Å². The largest absolute Gasteiger partial charge is 0.354 e. The minimum absolute atomic E-state index is 0.0283. The Morgan fingerprint density at radius 2 is 1.94 bits per heavy atom. The second-order valence-electron chi connectivity index (χ2n) is 8.87. The van der Waals surface area contributed by atoms with Crippen molar-refractivity contribution < 1.29 is 9.18 Å². The van der Waals surface area contributed by atoms with E-state index in [4.69, 9.17) is 0 Å². The molecule has 1 N–H and O–H groups in total. The molecule has 0 radical (unpaired) electrons. The molecule has 0 spiro atoms. The predicted octanol–water partition coefficient (Wildman–Crippen LogP) is 2.89. The van der Waals surface area contributed by atoms with E-state index in [1.807, 2.05) is 12.3 Å². The molecule has 2 aliphatic heterocycles. The summed E-state index contributed by atoms with van der Waals surface area (Å²) in [7, 11) is 0. The van der Waals surface area contributed by atoms with Crippen LogP contribution < -0.4 is 10.2 Å². The first-order chi connectivity index (χ1) is 15.6. The topological polar surface area (TPSA) is 51.7 Å². The van der Waals surface area contributed by atoms with Crippen LogP contribution in [-0.4, -0.2) is 66.5 Å². The number of hydrogen-bond donors (Lipinski definition) is 1. The number of likely N-dealkylation sites (tertiary alicyclic amines) is 1. The quantitative estimate of drug-likeness (QED) is 0.719. The fraction of sp³-hybridized carbons (Fsp3) is 0.520. The maximum Gasteiger partial charge on any atom is 0.224 e. The Balaban J connectivity index is 1.24. The van der Waals surface area contributed by atoms with Gasteiger partial charge in [-0.05, 0) is 55.3 Å². The molecule has 6 nitrogen and oxygen atoms in total. The number of aromatic nitrogens is 1. The molecule has 1 unspecified atom stereocenters. The van der Waals surface area contributed by atoms with Crippen LogP contribution in [0.2, 0.25) is 0 Å². The van der Waals surface area contributed by atoms with E-state index in [9.17, 15) is 9.18 Å². The van der Waals surface area contributed by atoms with Gasteiger partial charge in [0.2, 0.25) is 5.91 Å². The van der Waals surface area contributed by atoms with E-state index in [0.717, 1.165) is 69.1 Å². The summed E-state index contributed by atoms with van der Waals surface area (Å²) in [5.74, 6) is 0.862. The molecule has 1 amide bonds. The van der Waals surface area contributed by atoms with E-state index >= 15 is 0 Å². The number of amides is 1. The molecule has 172 valence electrons. The molecule has 1 aromatic carbocycles. The number of benzene rings is 1. The van der Waals surface area contributed by atoms with Crippen molar-refractivity contribution in [2.75, 3.05) is 50.7 Å². The van der Waals surface area contributed by atoms with Gasteiger partial charge < -0.3 is 15.1 Å². The number of carbonyl (C=O) groups excluding carboxylic acids is 1. The van der Waals surface area contributed by atoms with Crippen LogP contribution in [0.25, 0.3) is 0 Å². The highest BCUT2D eigenvalue weighted by atomic mass is 19.1. The summed E-state index contributed by atoms with van der Waals surface area (Å²) < 4.78 is 13.5. The lowest BCUT2D eigenvalue weighted by atomic mass is 9.96. The highest BCUT2D eigenvalue weighted by Crippen LogP contribution is 2.20. The summed E-state index contributed by atoms with van der Waals surface area (Å²) in [6, 6.07) is 10.8. The van der Waals surface area contributed by atoms with E-state index in [0.29, 0.717) is 19.6 Å². The van der Waals surface area contributed by atoms with Crippen molar-refractivity contribution >= 4 is 11.7 Å². The normalized spacial score (nSPS) is 20.3. The number of carbonyl (C=O) groups is 1. The van der Waals surface area contributed by atoms with E-state index in [1.165, 1.54) is 6.07 Å². The molecule has 2 aromatic rings. The highest BCUT2D eigenvalue weighted by molar-refractivity contribution is 5.79. The average molecular weight is 440 g/mol. The first-order valence-electron chi connectivity index (χ1n) is 11.8. The molecule has 0 aliphatic carbocycles. The fourth-order valence-corrected chi connectivity index (χ4v) is 4.64. The standard InChI is InChI=1S/C25H34FN5O/c1-2-29-11-13-31(14-12-29)24-9-8-21(16-27-24)17-28-25(32)22-6-4-10-30(19-22)18-20-5-3-7-23(26)15-20/h3,5,7-9,15-16,22H,2,4,6,10-14,17-19H2,1H3,(H,28,32). The molecule has 7 heteroatoms. The number of halogens is 1. The second kappa shape index (κ2) is 10.9. The molecular formula is C25H34FN5O. The summed E-state index contributed by atoms with van der Waals surface area (Å²) in [6.07, 6.45) is 3.75. The number of piperazine rings is 1. The van der Waals surface area contributed by atoms with Gasteiger partial charge in [-0.2, -0.15) is 0 Å². The smallest absolute Gasteiger partial charge is 0.224 e. The first kappa shape index (κ1) is 22.7. The summed E-state index contributed by atoms with van der Waals surface area (Å²) in [5, 5.41) is 3.09. The predicted molar refractivity (Wildman–Crippen MR) is 125 cm³/mol. The highest BCUT2D eigenvalue weighted by Gasteiger charge is 2.25. The van der Waals surface area contributed by atoms with Crippen molar-refractivity contribution in [3.63, 3.8) is 0 Å². The Bertz CT molecular complexity index is 882. The SMILES string of the molecule is CCN1CCN(c2ccc(CNC(=O)C3CCCN(Cc4cccc(F)c4)C3)cn2)CC1. The van der Waals surface area contributed by atoms with Crippen molar-refractivity contribution in [3.05, 3.63) is 59.5 Å². The van der Waals surface area contributed by atoms with Gasteiger partial charge in [0.1, 0.15) is 11.6 Å². The van der Waals surface area contributed by atoms with Crippen molar-refractivity contribution in [2.45, 2.75) is 32.9 Å². The molecule has 32 heavy (non-hydrogen) atoms. The van der Waals surface area contributed by atoms with Gasteiger partial charge in [-0.15, -0.1) is 0 Å². The molecule has 2 fully saturated rings. The van der Waals surface area contributed by atoms with Crippen LogP contribution in [0.5, 0.6) is 0 Å². The number of piperidine rings is 1. The number of anilines is 1. The van der Waals surface area contributed by atoms with Crippen LogP contribution in [0.1, 0.15) is 30.9 Å². The first-order valence-corrected chi connectivity index (χ1v) is 11.8. The fourth-order valence-electron chi connectivity index (χ4n) is 4.64. The molecule has 2 saturated heterocycles. The average Bonchev–Trinajstić information content (AvgIpc) is 2.83. The Hall–Kier alpha value is -2.51. The van der Waals surface area contributed by atoms with Crippen molar-refractivity contribution in [2.24, 2.45) is 5.92 Å². The van der Waals surface area contributed by atoms with Gasteiger partial charge >= 0.3 is 0 Å². The minimum Gasteiger partial charge on any atom is -0.354 e. The zero-order valence-corrected chi connectivity index (χ0v) is 19.0. The summed E-state index contributed by atoms with van der Waals surface area (Å²) >= 11 is 0. The molecule has 4 rings (SSSR count). The lowest BCUT2D eigenvalue weighted by Crippen LogP contribution is -2.46. The molecule has 1 atom stereocenters. The zero-order chi connectivity index (χ0) is 22.3. The molecular weight excluding hydrogens is 405 g/mol. The van der Waals surface area contributed by atoms with Gasteiger partial charge in [-0.1, -0.05) is 25.1 Å². The lowest BCUT2D eigenvalue weighted by molar-refractivity contribution is -0.126. The van der Waals surface area contributed by atoms with Gasteiger partial charge in [0.25, 0.3) is 0 Å². The van der Waals surface area contributed by atoms with E-state index in [1.54, 1.807) is 12.1 Å². The maximum absolute atomic E-state index is 13.5. The number of likely N-dealkylation sites (N-methyl/N-ethyl adjacent to an activating group) is 1. The number of rotatable bonds is 7. The Kier molecular flexibility index (Phi) is 7.71. The number of pyridine rings is 1. The Morgan fingerprint density at radius 3 is 2.66 bits per heavy atom. The molecule has 3 heterocycles.